The fourth-order valence-electron chi connectivity index (χ4n) is 4.06. The van der Waals surface area contributed by atoms with Gasteiger partial charge >= 0.3 is 6.09 Å². The molecule has 2 bridgehead atoms. The minimum atomic E-state index is -0.508. The summed E-state index contributed by atoms with van der Waals surface area (Å²) in [5, 5.41) is 2.77. The van der Waals surface area contributed by atoms with E-state index in [9.17, 15) is 9.59 Å². The molecular formula is C20H25BrN4O4. The Hall–Kier alpha value is -2.29. The number of hydrogen-bond acceptors (Lipinski definition) is 6. The molecule has 1 N–H and O–H groups in total. The van der Waals surface area contributed by atoms with Crippen molar-refractivity contribution in [1.82, 2.24) is 9.88 Å². The van der Waals surface area contributed by atoms with E-state index in [2.05, 4.69) is 31.1 Å². The molecule has 2 amide bonds. The Balaban J connectivity index is 1.55. The average Bonchev–Trinajstić information content (AvgIpc) is 3.12. The second-order valence-electron chi connectivity index (χ2n) is 8.66. The van der Waals surface area contributed by atoms with Crippen LogP contribution in [0.2, 0.25) is 0 Å². The standard InChI is InChI=1S/C20H25BrN4O4/c1-11(26)22-12-7-15(21)17-16(8-12)23-18(28-17)24-9-13-5-6-14(10-24)25(13)19(27)29-20(2,3)4/h7-8,13-14H,5-6,9-10H2,1-4H3,(H,22,26). The van der Waals surface area contributed by atoms with E-state index in [0.29, 0.717) is 35.9 Å². The number of piperazine rings is 1. The number of carbonyl (C=O) groups excluding carboxylic acids is 2. The molecule has 3 heterocycles. The normalized spacial score (nSPS) is 21.6. The van der Waals surface area contributed by atoms with E-state index in [0.717, 1.165) is 17.3 Å². The van der Waals surface area contributed by atoms with Crippen LogP contribution in [0.5, 0.6) is 0 Å². The van der Waals surface area contributed by atoms with Crippen LogP contribution in [0.4, 0.5) is 16.5 Å². The first-order valence-electron chi connectivity index (χ1n) is 9.74. The van der Waals surface area contributed by atoms with Crippen LogP contribution in [-0.4, -0.2) is 52.7 Å². The van der Waals surface area contributed by atoms with Crippen molar-refractivity contribution in [3.8, 4) is 0 Å². The maximum absolute atomic E-state index is 12.6. The molecule has 2 unspecified atom stereocenters. The van der Waals surface area contributed by atoms with Crippen molar-refractivity contribution < 1.29 is 18.7 Å². The first-order chi connectivity index (χ1) is 13.6. The molecule has 2 aliphatic heterocycles. The van der Waals surface area contributed by atoms with Gasteiger partial charge in [0, 0.05) is 25.7 Å². The van der Waals surface area contributed by atoms with E-state index >= 15 is 0 Å². The first-order valence-corrected chi connectivity index (χ1v) is 10.5. The van der Waals surface area contributed by atoms with Crippen LogP contribution >= 0.6 is 15.9 Å². The summed E-state index contributed by atoms with van der Waals surface area (Å²) >= 11 is 3.49. The van der Waals surface area contributed by atoms with Gasteiger partial charge in [-0.05, 0) is 61.7 Å². The molecule has 0 saturated carbocycles. The van der Waals surface area contributed by atoms with Crippen molar-refractivity contribution in [3.63, 3.8) is 0 Å². The maximum atomic E-state index is 12.6. The molecule has 2 fully saturated rings. The summed E-state index contributed by atoms with van der Waals surface area (Å²) in [4.78, 5) is 32.6. The summed E-state index contributed by atoms with van der Waals surface area (Å²) in [6.07, 6.45) is 1.64. The Bertz CT molecular complexity index is 953. The highest BCUT2D eigenvalue weighted by atomic mass is 79.9. The molecule has 2 aromatic rings. The van der Waals surface area contributed by atoms with E-state index in [-0.39, 0.29) is 24.1 Å². The van der Waals surface area contributed by atoms with E-state index in [1.165, 1.54) is 6.92 Å². The predicted molar refractivity (Wildman–Crippen MR) is 113 cm³/mol. The minimum Gasteiger partial charge on any atom is -0.444 e. The van der Waals surface area contributed by atoms with Crippen LogP contribution in [0.3, 0.4) is 0 Å². The highest BCUT2D eigenvalue weighted by Crippen LogP contribution is 2.36. The zero-order valence-electron chi connectivity index (χ0n) is 17.0. The van der Waals surface area contributed by atoms with Crippen molar-refractivity contribution in [2.75, 3.05) is 23.3 Å². The number of amides is 2. The van der Waals surface area contributed by atoms with E-state index in [4.69, 9.17) is 9.15 Å². The summed E-state index contributed by atoms with van der Waals surface area (Å²) in [7, 11) is 0. The van der Waals surface area contributed by atoms with E-state index in [1.807, 2.05) is 25.7 Å². The number of hydrogen-bond donors (Lipinski definition) is 1. The third-order valence-corrected chi connectivity index (χ3v) is 5.70. The molecule has 0 radical (unpaired) electrons. The lowest BCUT2D eigenvalue weighted by molar-refractivity contribution is -0.114. The molecule has 1 aromatic carbocycles. The molecule has 29 heavy (non-hydrogen) atoms. The van der Waals surface area contributed by atoms with Gasteiger partial charge in [0.25, 0.3) is 6.01 Å². The van der Waals surface area contributed by atoms with Crippen LogP contribution in [0.15, 0.2) is 21.0 Å². The number of ether oxygens (including phenoxy) is 1. The fourth-order valence-corrected chi connectivity index (χ4v) is 4.59. The van der Waals surface area contributed by atoms with Crippen molar-refractivity contribution in [2.45, 2.75) is 58.2 Å². The number of aromatic nitrogens is 1. The predicted octanol–water partition coefficient (Wildman–Crippen LogP) is 4.14. The molecule has 2 aliphatic rings. The Kier molecular flexibility index (Phi) is 4.96. The van der Waals surface area contributed by atoms with Gasteiger partial charge in [-0.1, -0.05) is 0 Å². The molecule has 0 aliphatic carbocycles. The van der Waals surface area contributed by atoms with Crippen LogP contribution in [0.1, 0.15) is 40.5 Å². The Labute approximate surface area is 177 Å². The molecule has 0 spiro atoms. The van der Waals surface area contributed by atoms with Crippen LogP contribution in [0, 0.1) is 0 Å². The number of rotatable bonds is 2. The molecule has 1 aromatic heterocycles. The van der Waals surface area contributed by atoms with Gasteiger partial charge in [0.05, 0.1) is 16.6 Å². The fraction of sp³-hybridized carbons (Fsp3) is 0.550. The number of fused-ring (bicyclic) bond motifs is 3. The molecular weight excluding hydrogens is 440 g/mol. The second-order valence-corrected chi connectivity index (χ2v) is 9.52. The lowest BCUT2D eigenvalue weighted by atomic mass is 10.2. The third kappa shape index (κ3) is 4.05. The summed E-state index contributed by atoms with van der Waals surface area (Å²) in [5.74, 6) is -0.144. The van der Waals surface area contributed by atoms with Crippen molar-refractivity contribution in [3.05, 3.63) is 16.6 Å². The monoisotopic (exact) mass is 464 g/mol. The number of benzene rings is 1. The number of carbonyl (C=O) groups is 2. The average molecular weight is 465 g/mol. The Morgan fingerprint density at radius 3 is 2.48 bits per heavy atom. The van der Waals surface area contributed by atoms with Crippen molar-refractivity contribution in [2.24, 2.45) is 0 Å². The smallest absolute Gasteiger partial charge is 0.410 e. The number of anilines is 2. The zero-order chi connectivity index (χ0) is 20.9. The number of nitrogens with zero attached hydrogens (tertiary/aromatic N) is 3. The molecule has 9 heteroatoms. The van der Waals surface area contributed by atoms with Crippen LogP contribution in [0.25, 0.3) is 11.1 Å². The van der Waals surface area contributed by atoms with Crippen LogP contribution < -0.4 is 10.2 Å². The SMILES string of the molecule is CC(=O)Nc1cc(Br)c2oc(N3CC4CCC(C3)N4C(=O)OC(C)(C)C)nc2c1. The van der Waals surface area contributed by atoms with Gasteiger partial charge in [0.15, 0.2) is 5.58 Å². The number of halogens is 1. The Morgan fingerprint density at radius 2 is 1.90 bits per heavy atom. The summed E-state index contributed by atoms with van der Waals surface area (Å²) in [6, 6.07) is 4.28. The molecule has 8 nitrogen and oxygen atoms in total. The highest BCUT2D eigenvalue weighted by molar-refractivity contribution is 9.10. The van der Waals surface area contributed by atoms with Crippen molar-refractivity contribution in [1.29, 1.82) is 0 Å². The number of oxazole rings is 1. The van der Waals surface area contributed by atoms with Gasteiger partial charge in [-0.25, -0.2) is 4.79 Å². The summed E-state index contributed by atoms with van der Waals surface area (Å²) in [6.45, 7) is 8.42. The van der Waals surface area contributed by atoms with E-state index in [1.54, 1.807) is 12.1 Å². The quantitative estimate of drug-likeness (QED) is 0.718. The zero-order valence-corrected chi connectivity index (χ0v) is 18.6. The van der Waals surface area contributed by atoms with Gasteiger partial charge < -0.3 is 19.4 Å². The lowest BCUT2D eigenvalue weighted by Gasteiger charge is -2.40. The van der Waals surface area contributed by atoms with Crippen molar-refractivity contribution >= 4 is 50.7 Å². The summed E-state index contributed by atoms with van der Waals surface area (Å²) in [5.41, 5.74) is 1.45. The van der Waals surface area contributed by atoms with Gasteiger partial charge in [0.2, 0.25) is 5.91 Å². The number of nitrogens with one attached hydrogen (secondary N) is 1. The maximum Gasteiger partial charge on any atom is 0.410 e. The summed E-state index contributed by atoms with van der Waals surface area (Å²) < 4.78 is 12.3. The van der Waals surface area contributed by atoms with E-state index < -0.39 is 5.60 Å². The topological polar surface area (TPSA) is 87.9 Å². The first kappa shape index (κ1) is 20.0. The molecule has 156 valence electrons. The van der Waals surface area contributed by atoms with Crippen LogP contribution in [-0.2, 0) is 9.53 Å². The van der Waals surface area contributed by atoms with Gasteiger partial charge in [-0.2, -0.15) is 4.98 Å². The Morgan fingerprint density at radius 1 is 1.24 bits per heavy atom. The third-order valence-electron chi connectivity index (χ3n) is 5.11. The van der Waals surface area contributed by atoms with Gasteiger partial charge in [-0.3, -0.25) is 9.69 Å². The highest BCUT2D eigenvalue weighted by Gasteiger charge is 2.45. The molecule has 2 atom stereocenters. The second kappa shape index (κ2) is 7.19. The largest absolute Gasteiger partial charge is 0.444 e. The van der Waals surface area contributed by atoms with Gasteiger partial charge in [-0.15, -0.1) is 0 Å². The van der Waals surface area contributed by atoms with Gasteiger partial charge in [0.1, 0.15) is 11.1 Å². The minimum absolute atomic E-state index is 0.0805. The molecule has 2 saturated heterocycles. The lowest BCUT2D eigenvalue weighted by Crippen LogP contribution is -2.56. The molecule has 4 rings (SSSR count).